The van der Waals surface area contributed by atoms with Crippen molar-refractivity contribution in [3.8, 4) is 0 Å². The summed E-state index contributed by atoms with van der Waals surface area (Å²) in [5, 5.41) is 10.6. The molecule has 1 rings (SSSR count). The normalized spacial score (nSPS) is 17.7. The molecule has 2 N–H and O–H groups in total. The number of hydrogen-bond donors (Lipinski definition) is 2. The van der Waals surface area contributed by atoms with Gasteiger partial charge in [-0.3, -0.25) is 4.79 Å². The van der Waals surface area contributed by atoms with E-state index >= 15 is 0 Å². The van der Waals surface area contributed by atoms with Gasteiger partial charge in [0.15, 0.2) is 0 Å². The number of amides is 1. The monoisotopic (exact) mass is 171 g/mol. The van der Waals surface area contributed by atoms with E-state index in [-0.39, 0.29) is 0 Å². The molecular weight excluding hydrogens is 158 g/mol. The van der Waals surface area contributed by atoms with E-state index in [1.165, 1.54) is 12.8 Å². The lowest BCUT2D eigenvalue weighted by Crippen LogP contribution is -2.33. The van der Waals surface area contributed by atoms with Crippen molar-refractivity contribution in [1.82, 2.24) is 5.32 Å². The summed E-state index contributed by atoms with van der Waals surface area (Å²) in [6.07, 6.45) is 4.63. The summed E-state index contributed by atoms with van der Waals surface area (Å²) in [6.45, 7) is 0.519. The van der Waals surface area contributed by atoms with Gasteiger partial charge < -0.3 is 10.4 Å². The lowest BCUT2D eigenvalue weighted by Gasteiger charge is -2.07. The molecule has 1 saturated carbocycles. The first kappa shape index (κ1) is 9.03. The first-order valence-corrected chi connectivity index (χ1v) is 4.21. The average molecular weight is 171 g/mol. The molecule has 4 heteroatoms. The molecule has 0 aromatic heterocycles. The molecule has 4 nitrogen and oxygen atoms in total. The van der Waals surface area contributed by atoms with Crippen LogP contribution in [0.15, 0.2) is 0 Å². The zero-order valence-corrected chi connectivity index (χ0v) is 6.88. The largest absolute Gasteiger partial charge is 0.474 e. The Bertz CT molecular complexity index is 185. The SMILES string of the molecule is O=C(O)C(=O)NCC1CCCC1. The molecule has 0 spiro atoms. The molecule has 12 heavy (non-hydrogen) atoms. The lowest BCUT2D eigenvalue weighted by atomic mass is 10.1. The average Bonchev–Trinajstić information content (AvgIpc) is 2.51. The molecule has 1 aliphatic rings. The van der Waals surface area contributed by atoms with Crippen LogP contribution in [0.4, 0.5) is 0 Å². The number of aliphatic carboxylic acids is 1. The summed E-state index contributed by atoms with van der Waals surface area (Å²) >= 11 is 0. The Kier molecular flexibility index (Phi) is 3.08. The second-order valence-corrected chi connectivity index (χ2v) is 3.17. The third-order valence-electron chi connectivity index (χ3n) is 2.22. The fourth-order valence-corrected chi connectivity index (χ4v) is 1.53. The van der Waals surface area contributed by atoms with Gasteiger partial charge >= 0.3 is 11.9 Å². The van der Waals surface area contributed by atoms with E-state index in [0.29, 0.717) is 12.5 Å². The van der Waals surface area contributed by atoms with E-state index in [1.54, 1.807) is 0 Å². The van der Waals surface area contributed by atoms with E-state index < -0.39 is 11.9 Å². The van der Waals surface area contributed by atoms with E-state index in [0.717, 1.165) is 12.8 Å². The van der Waals surface area contributed by atoms with E-state index in [9.17, 15) is 9.59 Å². The third-order valence-corrected chi connectivity index (χ3v) is 2.22. The van der Waals surface area contributed by atoms with Gasteiger partial charge in [0.05, 0.1) is 0 Å². The topological polar surface area (TPSA) is 66.4 Å². The van der Waals surface area contributed by atoms with Crippen molar-refractivity contribution in [1.29, 1.82) is 0 Å². The first-order chi connectivity index (χ1) is 5.70. The molecular formula is C8H13NO3. The quantitative estimate of drug-likeness (QED) is 0.590. The van der Waals surface area contributed by atoms with Gasteiger partial charge in [-0.1, -0.05) is 12.8 Å². The van der Waals surface area contributed by atoms with Crippen molar-refractivity contribution in [2.75, 3.05) is 6.54 Å². The number of nitrogens with one attached hydrogen (secondary N) is 1. The molecule has 0 radical (unpaired) electrons. The molecule has 1 aliphatic carbocycles. The number of carboxylic acids is 1. The van der Waals surface area contributed by atoms with Crippen LogP contribution >= 0.6 is 0 Å². The predicted molar refractivity (Wildman–Crippen MR) is 42.6 cm³/mol. The van der Waals surface area contributed by atoms with E-state index in [1.807, 2.05) is 0 Å². The van der Waals surface area contributed by atoms with Gasteiger partial charge in [0.1, 0.15) is 0 Å². The van der Waals surface area contributed by atoms with Crippen molar-refractivity contribution in [3.05, 3.63) is 0 Å². The van der Waals surface area contributed by atoms with E-state index in [4.69, 9.17) is 5.11 Å². The Morgan fingerprint density at radius 2 is 1.92 bits per heavy atom. The van der Waals surface area contributed by atoms with Crippen LogP contribution in [-0.2, 0) is 9.59 Å². The zero-order valence-electron chi connectivity index (χ0n) is 6.88. The maximum Gasteiger partial charge on any atom is 0.394 e. The van der Waals surface area contributed by atoms with Crippen LogP contribution in [0.2, 0.25) is 0 Å². The standard InChI is InChI=1S/C8H13NO3/c10-7(8(11)12)9-5-6-3-1-2-4-6/h6H,1-5H2,(H,9,10)(H,11,12). The summed E-state index contributed by atoms with van der Waals surface area (Å²) in [7, 11) is 0. The minimum Gasteiger partial charge on any atom is -0.474 e. The Morgan fingerprint density at radius 1 is 1.33 bits per heavy atom. The van der Waals surface area contributed by atoms with E-state index in [2.05, 4.69) is 5.32 Å². The van der Waals surface area contributed by atoms with Crippen molar-refractivity contribution in [2.45, 2.75) is 25.7 Å². The van der Waals surface area contributed by atoms with Crippen LogP contribution < -0.4 is 5.32 Å². The molecule has 0 aliphatic heterocycles. The zero-order chi connectivity index (χ0) is 8.97. The summed E-state index contributed by atoms with van der Waals surface area (Å²) in [5.74, 6) is -1.79. The summed E-state index contributed by atoms with van der Waals surface area (Å²) in [6, 6.07) is 0. The molecule has 1 fully saturated rings. The highest BCUT2D eigenvalue weighted by atomic mass is 16.4. The van der Waals surface area contributed by atoms with Crippen LogP contribution in [-0.4, -0.2) is 23.5 Å². The van der Waals surface area contributed by atoms with Gasteiger partial charge in [0, 0.05) is 6.54 Å². The van der Waals surface area contributed by atoms with Gasteiger partial charge in [-0.25, -0.2) is 4.79 Å². The van der Waals surface area contributed by atoms with Gasteiger partial charge in [0.25, 0.3) is 0 Å². The smallest absolute Gasteiger partial charge is 0.394 e. The lowest BCUT2D eigenvalue weighted by molar-refractivity contribution is -0.150. The van der Waals surface area contributed by atoms with Gasteiger partial charge in [0.2, 0.25) is 0 Å². The highest BCUT2D eigenvalue weighted by Gasteiger charge is 2.17. The molecule has 0 saturated heterocycles. The fraction of sp³-hybridized carbons (Fsp3) is 0.750. The summed E-state index contributed by atoms with van der Waals surface area (Å²) in [4.78, 5) is 20.7. The highest BCUT2D eigenvalue weighted by molar-refractivity contribution is 6.31. The third kappa shape index (κ3) is 2.53. The summed E-state index contributed by atoms with van der Waals surface area (Å²) in [5.41, 5.74) is 0. The van der Waals surface area contributed by atoms with Crippen LogP contribution in [0, 0.1) is 5.92 Å². The molecule has 0 bridgehead atoms. The van der Waals surface area contributed by atoms with Crippen molar-refractivity contribution >= 4 is 11.9 Å². The summed E-state index contributed by atoms with van der Waals surface area (Å²) < 4.78 is 0. The fourth-order valence-electron chi connectivity index (χ4n) is 1.53. The number of hydrogen-bond acceptors (Lipinski definition) is 2. The maximum atomic E-state index is 10.6. The Hall–Kier alpha value is -1.06. The molecule has 1 amide bonds. The number of rotatable bonds is 2. The van der Waals surface area contributed by atoms with Gasteiger partial charge in [-0.2, -0.15) is 0 Å². The van der Waals surface area contributed by atoms with Gasteiger partial charge in [-0.15, -0.1) is 0 Å². The van der Waals surface area contributed by atoms with Crippen LogP contribution in [0.5, 0.6) is 0 Å². The second kappa shape index (κ2) is 4.09. The number of carbonyl (C=O) groups excluding carboxylic acids is 1. The molecule has 0 aromatic rings. The van der Waals surface area contributed by atoms with Crippen molar-refractivity contribution < 1.29 is 14.7 Å². The minimum absolute atomic E-state index is 0.494. The van der Waals surface area contributed by atoms with Crippen LogP contribution in [0.3, 0.4) is 0 Å². The number of carbonyl (C=O) groups is 2. The van der Waals surface area contributed by atoms with Crippen LogP contribution in [0.25, 0.3) is 0 Å². The predicted octanol–water partition coefficient (Wildman–Crippen LogP) is 0.377. The molecule has 0 heterocycles. The van der Waals surface area contributed by atoms with Crippen molar-refractivity contribution in [3.63, 3.8) is 0 Å². The molecule has 0 aromatic carbocycles. The Morgan fingerprint density at radius 3 is 2.42 bits per heavy atom. The van der Waals surface area contributed by atoms with Gasteiger partial charge in [-0.05, 0) is 18.8 Å². The minimum atomic E-state index is -1.40. The van der Waals surface area contributed by atoms with Crippen LogP contribution in [0.1, 0.15) is 25.7 Å². The highest BCUT2D eigenvalue weighted by Crippen LogP contribution is 2.23. The molecule has 0 atom stereocenters. The second-order valence-electron chi connectivity index (χ2n) is 3.17. The van der Waals surface area contributed by atoms with Crippen molar-refractivity contribution in [2.24, 2.45) is 5.92 Å². The maximum absolute atomic E-state index is 10.6. The molecule has 0 unspecified atom stereocenters. The Balaban J connectivity index is 2.16. The number of carboxylic acid groups (broad SMARTS) is 1. The first-order valence-electron chi connectivity index (χ1n) is 4.21. The Labute approximate surface area is 71.0 Å². The molecule has 68 valence electrons.